The van der Waals surface area contributed by atoms with Gasteiger partial charge in [0.15, 0.2) is 5.96 Å². The average Bonchev–Trinajstić information content (AvgIpc) is 2.25. The molecule has 2 aliphatic carbocycles. The Balaban J connectivity index is 1.67. The maximum atomic E-state index is 12.6. The van der Waals surface area contributed by atoms with E-state index in [4.69, 9.17) is 5.73 Å². The van der Waals surface area contributed by atoms with Crippen LogP contribution in [0.3, 0.4) is 0 Å². The Hall–Kier alpha value is -0.870. The van der Waals surface area contributed by atoms with Crippen LogP contribution < -0.4 is 11.1 Å². The Morgan fingerprint density at radius 3 is 2.47 bits per heavy atom. The van der Waals surface area contributed by atoms with Crippen molar-refractivity contribution in [3.05, 3.63) is 0 Å². The molecule has 2 aliphatic rings. The SMILES string of the molecule is NC(=NCC1CC(F)(F)C1)NC1CCCCC1. The monoisotopic (exact) mass is 245 g/mol. The van der Waals surface area contributed by atoms with Gasteiger partial charge in [0, 0.05) is 25.4 Å². The minimum Gasteiger partial charge on any atom is -0.370 e. The highest BCUT2D eigenvalue weighted by Gasteiger charge is 2.44. The number of alkyl halides is 2. The lowest BCUT2D eigenvalue weighted by molar-refractivity contribution is -0.107. The fourth-order valence-electron chi connectivity index (χ4n) is 2.64. The fourth-order valence-corrected chi connectivity index (χ4v) is 2.64. The molecule has 0 radical (unpaired) electrons. The van der Waals surface area contributed by atoms with Crippen molar-refractivity contribution in [3.63, 3.8) is 0 Å². The van der Waals surface area contributed by atoms with Crippen LogP contribution in [0.2, 0.25) is 0 Å². The van der Waals surface area contributed by atoms with Gasteiger partial charge in [-0.3, -0.25) is 4.99 Å². The van der Waals surface area contributed by atoms with Crippen LogP contribution in [0.25, 0.3) is 0 Å². The van der Waals surface area contributed by atoms with Crippen molar-refractivity contribution >= 4 is 5.96 Å². The molecule has 0 amide bonds. The normalized spacial score (nSPS) is 26.6. The molecule has 0 aromatic carbocycles. The van der Waals surface area contributed by atoms with Crippen molar-refractivity contribution in [3.8, 4) is 0 Å². The van der Waals surface area contributed by atoms with E-state index >= 15 is 0 Å². The van der Waals surface area contributed by atoms with Gasteiger partial charge in [-0.15, -0.1) is 0 Å². The molecule has 0 aliphatic heterocycles. The van der Waals surface area contributed by atoms with Gasteiger partial charge in [0.05, 0.1) is 0 Å². The van der Waals surface area contributed by atoms with Crippen LogP contribution in [-0.4, -0.2) is 24.5 Å². The van der Waals surface area contributed by atoms with Gasteiger partial charge in [0.25, 0.3) is 0 Å². The zero-order valence-corrected chi connectivity index (χ0v) is 10.1. The van der Waals surface area contributed by atoms with E-state index in [1.54, 1.807) is 0 Å². The van der Waals surface area contributed by atoms with Crippen LogP contribution in [0.4, 0.5) is 8.78 Å². The summed E-state index contributed by atoms with van der Waals surface area (Å²) >= 11 is 0. The predicted molar refractivity (Wildman–Crippen MR) is 64.2 cm³/mol. The predicted octanol–water partition coefficient (Wildman–Crippen LogP) is 2.27. The van der Waals surface area contributed by atoms with Crippen LogP contribution in [0, 0.1) is 5.92 Å². The van der Waals surface area contributed by atoms with E-state index in [1.165, 1.54) is 19.3 Å². The van der Waals surface area contributed by atoms with Crippen molar-refractivity contribution in [1.29, 1.82) is 0 Å². The zero-order valence-electron chi connectivity index (χ0n) is 10.1. The standard InChI is InChI=1S/C12H21F2N3/c13-12(14)6-9(7-12)8-16-11(15)17-10-4-2-1-3-5-10/h9-10H,1-8H2,(H3,15,16,17). The molecule has 3 nitrogen and oxygen atoms in total. The van der Waals surface area contributed by atoms with Crippen molar-refractivity contribution in [1.82, 2.24) is 5.32 Å². The van der Waals surface area contributed by atoms with E-state index in [0.717, 1.165) is 12.8 Å². The molecule has 0 bridgehead atoms. The van der Waals surface area contributed by atoms with Crippen molar-refractivity contribution in [2.24, 2.45) is 16.6 Å². The quantitative estimate of drug-likeness (QED) is 0.592. The number of aliphatic imine (C=N–C) groups is 1. The van der Waals surface area contributed by atoms with Gasteiger partial charge < -0.3 is 11.1 Å². The number of rotatable bonds is 3. The van der Waals surface area contributed by atoms with E-state index in [2.05, 4.69) is 10.3 Å². The second-order valence-corrected chi connectivity index (χ2v) is 5.34. The van der Waals surface area contributed by atoms with E-state index in [0.29, 0.717) is 18.5 Å². The molecule has 5 heteroatoms. The Labute approximate surface area is 101 Å². The minimum absolute atomic E-state index is 0.0108. The van der Waals surface area contributed by atoms with Crippen LogP contribution in [0.15, 0.2) is 4.99 Å². The van der Waals surface area contributed by atoms with Crippen molar-refractivity contribution < 1.29 is 8.78 Å². The third-order valence-corrected chi connectivity index (χ3v) is 3.65. The summed E-state index contributed by atoms with van der Waals surface area (Å²) in [4.78, 5) is 4.16. The summed E-state index contributed by atoms with van der Waals surface area (Å²) in [6, 6.07) is 0.426. The molecule has 0 aromatic heterocycles. The average molecular weight is 245 g/mol. The second kappa shape index (κ2) is 5.19. The summed E-state index contributed by atoms with van der Waals surface area (Å²) in [5.41, 5.74) is 5.75. The van der Waals surface area contributed by atoms with Gasteiger partial charge in [-0.25, -0.2) is 8.78 Å². The Morgan fingerprint density at radius 1 is 1.24 bits per heavy atom. The first kappa shape index (κ1) is 12.6. The molecule has 17 heavy (non-hydrogen) atoms. The third-order valence-electron chi connectivity index (χ3n) is 3.65. The number of nitrogens with zero attached hydrogens (tertiary/aromatic N) is 1. The van der Waals surface area contributed by atoms with Crippen molar-refractivity contribution in [2.75, 3.05) is 6.54 Å². The van der Waals surface area contributed by atoms with Gasteiger partial charge in [-0.2, -0.15) is 0 Å². The van der Waals surface area contributed by atoms with Gasteiger partial charge in [0.2, 0.25) is 5.92 Å². The summed E-state index contributed by atoms with van der Waals surface area (Å²) < 4.78 is 25.2. The third kappa shape index (κ3) is 3.82. The van der Waals surface area contributed by atoms with Gasteiger partial charge in [-0.05, 0) is 18.8 Å². The number of guanidine groups is 1. The lowest BCUT2D eigenvalue weighted by Gasteiger charge is -2.33. The van der Waals surface area contributed by atoms with Gasteiger partial charge >= 0.3 is 0 Å². The Kier molecular flexibility index (Phi) is 3.84. The molecule has 98 valence electrons. The summed E-state index contributed by atoms with van der Waals surface area (Å²) in [5.74, 6) is -2.02. The molecular weight excluding hydrogens is 224 g/mol. The van der Waals surface area contributed by atoms with Crippen LogP contribution in [0.1, 0.15) is 44.9 Å². The molecule has 2 saturated carbocycles. The summed E-state index contributed by atoms with van der Waals surface area (Å²) in [6.45, 7) is 0.432. The Morgan fingerprint density at radius 2 is 1.88 bits per heavy atom. The second-order valence-electron chi connectivity index (χ2n) is 5.34. The molecule has 3 N–H and O–H groups in total. The molecule has 0 unspecified atom stereocenters. The number of hydrogen-bond acceptors (Lipinski definition) is 1. The van der Waals surface area contributed by atoms with Gasteiger partial charge in [-0.1, -0.05) is 19.3 Å². The van der Waals surface area contributed by atoms with E-state index in [1.807, 2.05) is 0 Å². The number of nitrogens with two attached hydrogens (primary N) is 1. The smallest absolute Gasteiger partial charge is 0.248 e. The van der Waals surface area contributed by atoms with Crippen LogP contribution in [0.5, 0.6) is 0 Å². The molecule has 0 atom stereocenters. The molecule has 2 fully saturated rings. The highest BCUT2D eigenvalue weighted by molar-refractivity contribution is 5.78. The zero-order chi connectivity index (χ0) is 12.3. The first-order chi connectivity index (χ1) is 8.05. The van der Waals surface area contributed by atoms with E-state index < -0.39 is 5.92 Å². The molecule has 0 spiro atoms. The van der Waals surface area contributed by atoms with Gasteiger partial charge in [0.1, 0.15) is 0 Å². The summed E-state index contributed by atoms with van der Waals surface area (Å²) in [7, 11) is 0. The number of hydrogen-bond donors (Lipinski definition) is 2. The lowest BCUT2D eigenvalue weighted by Crippen LogP contribution is -2.42. The first-order valence-corrected chi connectivity index (χ1v) is 6.49. The minimum atomic E-state index is -2.45. The molecule has 0 heterocycles. The van der Waals surface area contributed by atoms with Crippen LogP contribution in [-0.2, 0) is 0 Å². The number of halogens is 2. The molecule has 2 rings (SSSR count). The largest absolute Gasteiger partial charge is 0.370 e. The highest BCUT2D eigenvalue weighted by Crippen LogP contribution is 2.42. The fraction of sp³-hybridized carbons (Fsp3) is 0.917. The Bertz CT molecular complexity index is 277. The summed E-state index contributed by atoms with van der Waals surface area (Å²) in [5, 5.41) is 3.18. The van der Waals surface area contributed by atoms with Crippen LogP contribution >= 0.6 is 0 Å². The number of nitrogens with one attached hydrogen (secondary N) is 1. The van der Waals surface area contributed by atoms with Crippen molar-refractivity contribution in [2.45, 2.75) is 56.9 Å². The lowest BCUT2D eigenvalue weighted by atomic mass is 9.81. The maximum Gasteiger partial charge on any atom is 0.248 e. The first-order valence-electron chi connectivity index (χ1n) is 6.49. The molecular formula is C12H21F2N3. The van der Waals surface area contributed by atoms with E-state index in [-0.39, 0.29) is 18.8 Å². The van der Waals surface area contributed by atoms with E-state index in [9.17, 15) is 8.78 Å². The molecule has 0 aromatic rings. The topological polar surface area (TPSA) is 50.4 Å². The molecule has 0 saturated heterocycles. The highest BCUT2D eigenvalue weighted by atomic mass is 19.3. The summed E-state index contributed by atoms with van der Waals surface area (Å²) in [6.07, 6.45) is 5.97. The maximum absolute atomic E-state index is 12.6.